The molecule has 6 atom stereocenters. The van der Waals surface area contributed by atoms with E-state index in [-0.39, 0.29) is 173 Å². The van der Waals surface area contributed by atoms with Crippen molar-refractivity contribution in [3.8, 4) is 17.2 Å². The van der Waals surface area contributed by atoms with E-state index in [2.05, 4.69) is 34.2 Å². The Hall–Kier alpha value is -5.89. The minimum atomic E-state index is -3.79. The number of carbonyl (C=O) groups is 4. The first kappa shape index (κ1) is 94.6. The van der Waals surface area contributed by atoms with E-state index in [4.69, 9.17) is 118 Å². The fourth-order valence-corrected chi connectivity index (χ4v) is 18.0. The van der Waals surface area contributed by atoms with Gasteiger partial charge in [-0.1, -0.05) is 69.6 Å². The highest BCUT2D eigenvalue weighted by Crippen LogP contribution is 2.45. The van der Waals surface area contributed by atoms with Gasteiger partial charge in [-0.3, -0.25) is 19.2 Å². The lowest BCUT2D eigenvalue weighted by atomic mass is 10.1. The highest BCUT2D eigenvalue weighted by atomic mass is 35.5. The van der Waals surface area contributed by atoms with Crippen LogP contribution in [0.1, 0.15) is 96.6 Å². The summed E-state index contributed by atoms with van der Waals surface area (Å²) in [6.07, 6.45) is 2.98. The number of ether oxygens (including phenoxy) is 10. The highest BCUT2D eigenvalue weighted by molar-refractivity contribution is 7.91. The van der Waals surface area contributed by atoms with Crippen LogP contribution < -0.4 is 34.7 Å². The van der Waals surface area contributed by atoms with Crippen molar-refractivity contribution < 1.29 is 91.8 Å². The number of halogens is 6. The van der Waals surface area contributed by atoms with Crippen molar-refractivity contribution in [3.05, 3.63) is 173 Å². The molecule has 0 aromatic heterocycles. The average Bonchev–Trinajstić information content (AvgIpc) is 1.64. The third-order valence-electron chi connectivity index (χ3n) is 18.9. The zero-order chi connectivity index (χ0) is 83.4. The molecule has 115 heavy (non-hydrogen) atoms. The number of cyclic esters (lactones) is 2. The number of nitrogens with two attached hydrogens (primary N) is 1. The quantitative estimate of drug-likeness (QED) is 0.0157. The van der Waals surface area contributed by atoms with Crippen LogP contribution in [0.15, 0.2) is 124 Å². The monoisotopic (exact) mass is 1770 g/mol. The summed E-state index contributed by atoms with van der Waals surface area (Å²) in [7, 11) is 0.868. The molecule has 3 aliphatic carbocycles. The van der Waals surface area contributed by atoms with Crippen molar-refractivity contribution in [1.82, 2.24) is 29.5 Å². The van der Waals surface area contributed by atoms with E-state index in [1.165, 1.54) is 24.3 Å². The number of nitrogens with zero attached hydrogens (tertiary/aromatic N) is 3. The van der Waals surface area contributed by atoms with Gasteiger partial charge in [0, 0.05) is 105 Å². The van der Waals surface area contributed by atoms with Crippen LogP contribution in [-0.2, 0) is 101 Å². The van der Waals surface area contributed by atoms with E-state index in [1.807, 2.05) is 60.5 Å². The zero-order valence-corrected chi connectivity index (χ0v) is 72.0. The van der Waals surface area contributed by atoms with Gasteiger partial charge in [-0.2, -0.15) is 0 Å². The molecule has 36 heteroatoms. The molecule has 1 aliphatic heterocycles. The Morgan fingerprint density at radius 1 is 0.435 bits per heavy atom. The normalized spacial score (nSPS) is 17.7. The molecule has 27 nitrogen and oxygen atoms in total. The van der Waals surface area contributed by atoms with Gasteiger partial charge in [-0.05, 0) is 200 Å². The molecule has 0 radical (unpaired) electrons. The molecular formula is C79H101Cl6N7O20S3. The zero-order valence-electron chi connectivity index (χ0n) is 65.0. The van der Waals surface area contributed by atoms with Gasteiger partial charge in [0.2, 0.25) is 26.0 Å². The van der Waals surface area contributed by atoms with Crippen molar-refractivity contribution >= 4 is 123 Å². The topological polar surface area (TPSA) is 335 Å². The second-order valence-electron chi connectivity index (χ2n) is 27.9. The van der Waals surface area contributed by atoms with Crippen LogP contribution in [0.2, 0.25) is 30.1 Å². The Balaban J connectivity index is 0.000000330. The number of nitrogens with one attached hydrogen (secondary N) is 3. The number of Topliss-reactive ketones (excluding diaryl/α,β-unsaturated/α-hetero) is 1. The Labute approximate surface area is 703 Å². The predicted octanol–water partition coefficient (Wildman–Crippen LogP) is 10.7. The number of sulfone groups is 1. The standard InChI is InChI=1S/C52H66Cl4N4O12S2.C23H31Cl2N3O5S.C4H4O3/c1-59(2)48-33-42-44(29-35(53)31-46(42)55)51(48)71-38-9-13-40(14-10-38)73(63,64)28-6-21-68-25-26-69-22-18-57-50(62)17-8-37(61)7-5-20-67-24-27-70-23-19-58-74(65,66)41-15-11-39(12-16-41)72-52-45-30-36(54)32-47(56)43(45)34-49(52)60(3)4;1-28(2)22-15-19-20(13-16(24)14-21(19)25)23(22)33-17-3-5-18(6-4-17)34(29,30)27-8-10-32-12-11-31-9-7-26;5-3-1-2-4(6)7-3/h9-16,29-32,48-49,51-52,58H,5-8,17-28,33-34H2,1-4H3,(H,57,62);3-6,13-14,22-23,27H,7-12,15,26H2,1-2H3;1-2H2/t48-,49-,51-,52-;22-,23-;/m00./s1. The minimum absolute atomic E-state index is 0.0180. The predicted molar refractivity (Wildman–Crippen MR) is 440 cm³/mol. The van der Waals surface area contributed by atoms with E-state index < -0.39 is 41.8 Å². The fraction of sp³-hybridized carbons (Fsp3) is 0.494. The molecule has 0 spiro atoms. The summed E-state index contributed by atoms with van der Waals surface area (Å²) in [5.41, 5.74) is 11.1. The Bertz CT molecular complexity index is 4340. The smallest absolute Gasteiger partial charge is 0.314 e. The highest BCUT2D eigenvalue weighted by Gasteiger charge is 2.41. The average molecular weight is 1780 g/mol. The van der Waals surface area contributed by atoms with Crippen molar-refractivity contribution in [2.24, 2.45) is 5.73 Å². The number of rotatable bonds is 45. The number of sulfonamides is 2. The van der Waals surface area contributed by atoms with Gasteiger partial charge in [-0.25, -0.2) is 34.7 Å². The molecular weight excluding hydrogens is 1680 g/mol. The molecule has 1 fully saturated rings. The van der Waals surface area contributed by atoms with Gasteiger partial charge in [0.25, 0.3) is 0 Å². The van der Waals surface area contributed by atoms with Crippen LogP contribution in [0.5, 0.6) is 17.2 Å². The maximum Gasteiger partial charge on any atom is 0.314 e. The maximum atomic E-state index is 13.0. The molecule has 1 saturated heterocycles. The van der Waals surface area contributed by atoms with E-state index in [0.717, 1.165) is 39.8 Å². The summed E-state index contributed by atoms with van der Waals surface area (Å²) < 4.78 is 138. The number of hydrogen-bond donors (Lipinski definition) is 4. The van der Waals surface area contributed by atoms with Crippen LogP contribution in [0, 0.1) is 0 Å². The Morgan fingerprint density at radius 2 is 0.774 bits per heavy atom. The number of carbonyl (C=O) groups excluding carboxylic acids is 4. The number of esters is 2. The lowest BCUT2D eigenvalue weighted by molar-refractivity contribution is -0.152. The summed E-state index contributed by atoms with van der Waals surface area (Å²) in [5.74, 6) is 0.427. The molecule has 632 valence electrons. The van der Waals surface area contributed by atoms with Gasteiger partial charge >= 0.3 is 11.9 Å². The van der Waals surface area contributed by atoms with Crippen LogP contribution in [0.25, 0.3) is 0 Å². The molecule has 10 rings (SSSR count). The molecule has 6 aromatic carbocycles. The summed E-state index contributed by atoms with van der Waals surface area (Å²) in [5, 5.41) is 6.16. The van der Waals surface area contributed by atoms with E-state index in [9.17, 15) is 44.4 Å². The van der Waals surface area contributed by atoms with Crippen molar-refractivity contribution in [1.29, 1.82) is 0 Å². The van der Waals surface area contributed by atoms with E-state index in [0.29, 0.717) is 106 Å². The lowest BCUT2D eigenvalue weighted by Crippen LogP contribution is -2.34. The summed E-state index contributed by atoms with van der Waals surface area (Å²) in [6, 6.07) is 29.9. The van der Waals surface area contributed by atoms with Gasteiger partial charge in [-0.15, -0.1) is 0 Å². The number of hydrogen-bond acceptors (Lipinski definition) is 24. The van der Waals surface area contributed by atoms with Gasteiger partial charge in [0.1, 0.15) is 41.3 Å². The third-order valence-corrected chi connectivity index (χ3v) is 25.3. The number of likely N-dealkylation sites (N-methyl/N-ethyl adjacent to an activating group) is 3. The molecule has 1 amide bonds. The first-order valence-electron chi connectivity index (χ1n) is 37.5. The third kappa shape index (κ3) is 29.5. The number of amides is 1. The van der Waals surface area contributed by atoms with Crippen molar-refractivity contribution in [2.45, 2.75) is 115 Å². The van der Waals surface area contributed by atoms with E-state index >= 15 is 0 Å². The van der Waals surface area contributed by atoms with Crippen molar-refractivity contribution in [3.63, 3.8) is 0 Å². The first-order valence-corrected chi connectivity index (χ1v) is 44.4. The minimum Gasteiger partial charge on any atom is -0.484 e. The number of ketones is 1. The van der Waals surface area contributed by atoms with Crippen LogP contribution in [-0.4, -0.2) is 235 Å². The molecule has 6 aromatic rings. The Morgan fingerprint density at radius 3 is 1.12 bits per heavy atom. The first-order chi connectivity index (χ1) is 54.8. The second kappa shape index (κ2) is 46.6. The molecule has 0 saturated carbocycles. The molecule has 0 unspecified atom stereocenters. The van der Waals surface area contributed by atoms with Crippen LogP contribution in [0.3, 0.4) is 0 Å². The van der Waals surface area contributed by atoms with Crippen molar-refractivity contribution in [2.75, 3.05) is 154 Å². The molecule has 5 N–H and O–H groups in total. The van der Waals surface area contributed by atoms with Crippen LogP contribution >= 0.6 is 69.6 Å². The molecule has 4 aliphatic rings. The van der Waals surface area contributed by atoms with Gasteiger partial charge in [0.05, 0.1) is 117 Å². The van der Waals surface area contributed by atoms with Gasteiger partial charge < -0.3 is 73.1 Å². The van der Waals surface area contributed by atoms with E-state index in [1.54, 1.807) is 66.7 Å². The molecule has 1 heterocycles. The van der Waals surface area contributed by atoms with Gasteiger partial charge in [0.15, 0.2) is 9.84 Å². The Kier molecular flexibility index (Phi) is 38.3. The number of benzene rings is 6. The SMILES string of the molecule is CN(C)[C@H]1Cc2c(Cl)cc(Cl)cc2[C@@H]1Oc1ccc(S(=O)(=O)CCCOCCOCCNC(=O)CCC(=O)CCCOCCOCCNS(=O)(=O)c2ccc(O[C@H]3c4cc(Cl)cc(Cl)c4C[C@@H]3N(C)C)cc2)cc1.CN(C)[C@H]1Cc2c(Cl)cc(Cl)cc2[C@@H]1Oc1ccc(S(=O)(=O)NCCOCCOCCN)cc1.O=C1CCC(=O)O1. The summed E-state index contributed by atoms with van der Waals surface area (Å²) in [6.45, 7) is 4.49. The van der Waals surface area contributed by atoms with Crippen LogP contribution in [0.4, 0.5) is 0 Å². The maximum absolute atomic E-state index is 13.0. The molecule has 0 bridgehead atoms. The summed E-state index contributed by atoms with van der Waals surface area (Å²) in [4.78, 5) is 51.2. The second-order valence-corrected chi connectivity index (χ2v) is 36.0. The summed E-state index contributed by atoms with van der Waals surface area (Å²) >= 11 is 38.2. The fourth-order valence-electron chi connectivity index (χ4n) is 12.9. The number of fused-ring (bicyclic) bond motifs is 3. The lowest BCUT2D eigenvalue weighted by Gasteiger charge is -2.27. The largest absolute Gasteiger partial charge is 0.484 e.